The average molecular weight is 1450 g/mol. The van der Waals surface area contributed by atoms with Crippen LogP contribution in [0.2, 0.25) is 0 Å². The minimum absolute atomic E-state index is 0.0756. The molecule has 0 amide bonds. The quantitative estimate of drug-likeness (QED) is 0.0169. The third kappa shape index (κ3) is 72.3. The Kier molecular flexibility index (Phi) is 70.4. The zero-order valence-corrected chi connectivity index (χ0v) is 64.9. The summed E-state index contributed by atoms with van der Waals surface area (Å²) in [5.74, 6) is -2.22. The van der Waals surface area contributed by atoms with E-state index in [0.29, 0.717) is 25.7 Å². The SMILES string of the molecule is CCCCC/C=C/C/C=C\CCCCCCCC(=O)O[C@H](COC(=O)CCCCCCC/C=C/C/C=C/CCCCC)COP(=O)(O)OCC(O)COP(=O)(O)OC[C@@H](COC(=O)CCCCCCC/C=C/C/C=C/CCCCC)OC(=O)CCCCCCC/C=C/C/C=C/CCCCC. The molecule has 0 aliphatic carbocycles. The van der Waals surface area contributed by atoms with Gasteiger partial charge in [-0.1, -0.05) is 253 Å². The summed E-state index contributed by atoms with van der Waals surface area (Å²) in [6.07, 6.45) is 76.6. The minimum atomic E-state index is -4.98. The molecule has 0 bridgehead atoms. The standard InChI is InChI=1S/C81H142O17P2/c1-5-9-13-17-21-25-29-33-37-41-45-49-53-57-61-65-78(83)91-71-76(97-80(85)67-63-59-55-51-47-43-39-35-31-27-23-19-15-11-7-3)73-95-99(87,88)93-69-75(82)70-94-100(89,90)96-74-77(98-81(86)68-64-60-56-52-48-44-40-36-32-28-24-20-16-12-8-4)72-92-79(84)66-62-58-54-50-46-42-38-34-30-26-22-18-14-10-6-2/h21-28,33-40,75-77,82H,5-20,29-32,41-74H2,1-4H3,(H,87,88)(H,89,90)/b25-21+,26-22+,27-23+,28-24+,37-33+,38-34+,39-35-,40-36+/t75?,76-,77-/m1/s1. The summed E-state index contributed by atoms with van der Waals surface area (Å²) in [4.78, 5) is 72.9. The highest BCUT2D eigenvalue weighted by molar-refractivity contribution is 7.47. The van der Waals surface area contributed by atoms with Gasteiger partial charge in [-0.3, -0.25) is 37.3 Å². The van der Waals surface area contributed by atoms with E-state index >= 15 is 0 Å². The van der Waals surface area contributed by atoms with Crippen LogP contribution in [0.4, 0.5) is 0 Å². The molecule has 3 N–H and O–H groups in total. The van der Waals surface area contributed by atoms with Gasteiger partial charge >= 0.3 is 39.5 Å². The fourth-order valence-corrected chi connectivity index (χ4v) is 12.0. The number of allylic oxidation sites excluding steroid dienone is 16. The summed E-state index contributed by atoms with van der Waals surface area (Å²) >= 11 is 0. The van der Waals surface area contributed by atoms with Crippen LogP contribution >= 0.6 is 15.6 Å². The third-order valence-corrected chi connectivity index (χ3v) is 18.4. The molecule has 0 aromatic heterocycles. The van der Waals surface area contributed by atoms with Gasteiger partial charge in [0.2, 0.25) is 0 Å². The highest BCUT2D eigenvalue weighted by Crippen LogP contribution is 2.45. The fourth-order valence-electron chi connectivity index (χ4n) is 10.4. The van der Waals surface area contributed by atoms with E-state index in [0.717, 1.165) is 180 Å². The number of hydrogen-bond acceptors (Lipinski definition) is 15. The molecule has 3 unspecified atom stereocenters. The van der Waals surface area contributed by atoms with Gasteiger partial charge in [-0.25, -0.2) is 9.13 Å². The van der Waals surface area contributed by atoms with Crippen LogP contribution in [0.25, 0.3) is 0 Å². The number of aliphatic hydroxyl groups excluding tert-OH is 1. The van der Waals surface area contributed by atoms with Gasteiger partial charge in [-0.15, -0.1) is 0 Å². The van der Waals surface area contributed by atoms with E-state index in [-0.39, 0.29) is 25.7 Å². The van der Waals surface area contributed by atoms with Gasteiger partial charge in [0.05, 0.1) is 26.4 Å². The molecule has 0 saturated heterocycles. The molecular formula is C81H142O17P2. The highest BCUT2D eigenvalue weighted by atomic mass is 31.2. The predicted octanol–water partition coefficient (Wildman–Crippen LogP) is 22.8. The normalized spacial score (nSPS) is 14.4. The zero-order valence-electron chi connectivity index (χ0n) is 63.1. The number of unbranched alkanes of at least 4 members (excludes halogenated alkanes) is 32. The summed E-state index contributed by atoms with van der Waals surface area (Å²) in [7, 11) is -9.97. The van der Waals surface area contributed by atoms with Gasteiger partial charge in [-0.2, -0.15) is 0 Å². The molecule has 578 valence electrons. The smallest absolute Gasteiger partial charge is 0.462 e. The summed E-state index contributed by atoms with van der Waals surface area (Å²) in [6.45, 7) is 4.74. The number of carbonyl (C=O) groups is 4. The van der Waals surface area contributed by atoms with Gasteiger partial charge in [0.15, 0.2) is 12.2 Å². The first-order valence-corrected chi connectivity index (χ1v) is 42.5. The van der Waals surface area contributed by atoms with E-state index < -0.39 is 97.5 Å². The van der Waals surface area contributed by atoms with Crippen molar-refractivity contribution in [3.63, 3.8) is 0 Å². The van der Waals surface area contributed by atoms with Crippen LogP contribution in [0, 0.1) is 0 Å². The topological polar surface area (TPSA) is 237 Å². The Bertz CT molecular complexity index is 2120. The maximum Gasteiger partial charge on any atom is 0.472 e. The number of ether oxygens (including phenoxy) is 4. The lowest BCUT2D eigenvalue weighted by Gasteiger charge is -2.21. The van der Waals surface area contributed by atoms with Crippen LogP contribution < -0.4 is 0 Å². The number of hydrogen-bond donors (Lipinski definition) is 3. The summed E-state index contributed by atoms with van der Waals surface area (Å²) in [6, 6.07) is 0. The lowest BCUT2D eigenvalue weighted by Crippen LogP contribution is -2.30. The van der Waals surface area contributed by atoms with Crippen molar-refractivity contribution < 1.29 is 80.2 Å². The Labute approximate surface area is 607 Å². The molecule has 19 heteroatoms. The van der Waals surface area contributed by atoms with Gasteiger partial charge in [-0.05, 0) is 154 Å². The Morgan fingerprint density at radius 1 is 0.280 bits per heavy atom. The monoisotopic (exact) mass is 1450 g/mol. The van der Waals surface area contributed by atoms with Gasteiger partial charge < -0.3 is 33.8 Å². The van der Waals surface area contributed by atoms with Crippen molar-refractivity contribution in [1.29, 1.82) is 0 Å². The number of carbonyl (C=O) groups excluding carboxylic acids is 4. The molecule has 0 aromatic rings. The number of esters is 4. The molecule has 0 fully saturated rings. The second kappa shape index (κ2) is 73.3. The van der Waals surface area contributed by atoms with E-state index in [1.54, 1.807) is 0 Å². The lowest BCUT2D eigenvalue weighted by molar-refractivity contribution is -0.161. The van der Waals surface area contributed by atoms with Crippen molar-refractivity contribution >= 4 is 39.5 Å². The van der Waals surface area contributed by atoms with Crippen molar-refractivity contribution in [1.82, 2.24) is 0 Å². The van der Waals surface area contributed by atoms with Crippen molar-refractivity contribution in [2.45, 2.75) is 354 Å². The second-order valence-electron chi connectivity index (χ2n) is 26.3. The molecule has 100 heavy (non-hydrogen) atoms. The molecule has 0 aromatic carbocycles. The largest absolute Gasteiger partial charge is 0.472 e. The number of phosphoric acid groups is 2. The summed E-state index contributed by atoms with van der Waals surface area (Å²) in [5.41, 5.74) is 0. The lowest BCUT2D eigenvalue weighted by atomic mass is 10.1. The van der Waals surface area contributed by atoms with E-state index in [2.05, 4.69) is 125 Å². The molecule has 0 aliphatic rings. The summed E-state index contributed by atoms with van der Waals surface area (Å²) < 4.78 is 68.5. The van der Waals surface area contributed by atoms with E-state index in [1.165, 1.54) is 77.0 Å². The molecule has 5 atom stereocenters. The van der Waals surface area contributed by atoms with Gasteiger partial charge in [0.25, 0.3) is 0 Å². The highest BCUT2D eigenvalue weighted by Gasteiger charge is 2.30. The number of rotatable bonds is 74. The Morgan fingerprint density at radius 3 is 0.740 bits per heavy atom. The van der Waals surface area contributed by atoms with Crippen molar-refractivity contribution in [2.75, 3.05) is 39.6 Å². The van der Waals surface area contributed by atoms with E-state index in [9.17, 15) is 43.2 Å². The average Bonchev–Trinajstić information content (AvgIpc) is 1.25. The molecule has 0 spiro atoms. The van der Waals surface area contributed by atoms with Crippen molar-refractivity contribution in [3.05, 3.63) is 97.2 Å². The first-order valence-electron chi connectivity index (χ1n) is 39.5. The molecule has 0 aliphatic heterocycles. The zero-order chi connectivity index (χ0) is 73.2. The summed E-state index contributed by atoms with van der Waals surface area (Å²) in [5, 5.41) is 10.6. The number of aliphatic hydroxyl groups is 1. The molecule has 0 saturated carbocycles. The molecule has 0 heterocycles. The predicted molar refractivity (Wildman–Crippen MR) is 409 cm³/mol. The third-order valence-electron chi connectivity index (χ3n) is 16.5. The Morgan fingerprint density at radius 2 is 0.490 bits per heavy atom. The Hall–Kier alpha value is -4.02. The number of phosphoric ester groups is 2. The van der Waals surface area contributed by atoms with Crippen LogP contribution in [0.3, 0.4) is 0 Å². The molecular weight excluding hydrogens is 1310 g/mol. The molecule has 0 rings (SSSR count). The second-order valence-corrected chi connectivity index (χ2v) is 29.2. The first kappa shape index (κ1) is 96.0. The Balaban J connectivity index is 5.40. The van der Waals surface area contributed by atoms with Gasteiger partial charge in [0.1, 0.15) is 19.3 Å². The van der Waals surface area contributed by atoms with Crippen molar-refractivity contribution in [2.24, 2.45) is 0 Å². The fraction of sp³-hybridized carbons (Fsp3) is 0.753. The first-order chi connectivity index (χ1) is 48.7. The van der Waals surface area contributed by atoms with E-state index in [4.69, 9.17) is 37.0 Å². The maximum absolute atomic E-state index is 13.1. The van der Waals surface area contributed by atoms with Crippen LogP contribution in [0.1, 0.15) is 336 Å². The maximum atomic E-state index is 13.1. The molecule has 0 radical (unpaired) electrons. The van der Waals surface area contributed by atoms with Crippen LogP contribution in [-0.4, -0.2) is 96.7 Å². The van der Waals surface area contributed by atoms with Gasteiger partial charge in [0, 0.05) is 25.7 Å². The van der Waals surface area contributed by atoms with Crippen molar-refractivity contribution in [3.8, 4) is 0 Å². The van der Waals surface area contributed by atoms with Crippen LogP contribution in [0.5, 0.6) is 0 Å². The van der Waals surface area contributed by atoms with Crippen LogP contribution in [0.15, 0.2) is 97.2 Å². The molecule has 17 nitrogen and oxygen atoms in total. The minimum Gasteiger partial charge on any atom is -0.462 e. The van der Waals surface area contributed by atoms with E-state index in [1.807, 2.05) is 0 Å². The van der Waals surface area contributed by atoms with Crippen LogP contribution in [-0.2, 0) is 65.4 Å².